The molecule has 25 heavy (non-hydrogen) atoms. The fourth-order valence-electron chi connectivity index (χ4n) is 2.15. The summed E-state index contributed by atoms with van der Waals surface area (Å²) in [6, 6.07) is 12.6. The quantitative estimate of drug-likeness (QED) is 0.579. The summed E-state index contributed by atoms with van der Waals surface area (Å²) in [6.07, 6.45) is 1.59. The topological polar surface area (TPSA) is 64.0 Å². The van der Waals surface area contributed by atoms with Crippen LogP contribution in [-0.4, -0.2) is 18.2 Å². The number of halogens is 3. The molecule has 0 aliphatic rings. The van der Waals surface area contributed by atoms with Crippen molar-refractivity contribution in [2.75, 3.05) is 4.72 Å². The second-order valence-electron chi connectivity index (χ2n) is 5.17. The van der Waals surface area contributed by atoms with Crippen LogP contribution in [0.15, 0.2) is 68.6 Å². The Hall–Kier alpha value is -1.71. The van der Waals surface area contributed by atoms with Crippen molar-refractivity contribution in [1.82, 2.24) is 9.78 Å². The molecule has 0 saturated heterocycles. The van der Waals surface area contributed by atoms with Crippen molar-refractivity contribution in [1.29, 1.82) is 0 Å². The van der Waals surface area contributed by atoms with Crippen molar-refractivity contribution in [3.63, 3.8) is 0 Å². The van der Waals surface area contributed by atoms with Crippen LogP contribution in [0.1, 0.15) is 5.56 Å². The summed E-state index contributed by atoms with van der Waals surface area (Å²) in [4.78, 5) is 0.117. The molecule has 1 aromatic heterocycles. The Morgan fingerprint density at radius 2 is 1.76 bits per heavy atom. The average Bonchev–Trinajstić information content (AvgIpc) is 2.89. The molecule has 9 heteroatoms. The minimum atomic E-state index is -3.77. The fourth-order valence-corrected chi connectivity index (χ4v) is 3.98. The first-order valence-corrected chi connectivity index (χ1v) is 10.2. The van der Waals surface area contributed by atoms with Crippen molar-refractivity contribution in [3.05, 3.63) is 75.1 Å². The predicted molar refractivity (Wildman–Crippen MR) is 100 cm³/mol. The first-order valence-electron chi connectivity index (χ1n) is 7.10. The van der Waals surface area contributed by atoms with Crippen LogP contribution in [0, 0.1) is 5.82 Å². The number of nitrogens with one attached hydrogen (secondary N) is 1. The molecule has 3 rings (SSSR count). The summed E-state index contributed by atoms with van der Waals surface area (Å²) < 4.78 is 43.7. The van der Waals surface area contributed by atoms with Gasteiger partial charge >= 0.3 is 0 Å². The van der Waals surface area contributed by atoms with Gasteiger partial charge in [0.1, 0.15) is 5.82 Å². The first kappa shape index (κ1) is 18.1. The average molecular weight is 489 g/mol. The van der Waals surface area contributed by atoms with E-state index in [4.69, 9.17) is 0 Å². The van der Waals surface area contributed by atoms with E-state index < -0.39 is 10.0 Å². The van der Waals surface area contributed by atoms with Crippen molar-refractivity contribution in [3.8, 4) is 0 Å². The Balaban J connectivity index is 1.83. The van der Waals surface area contributed by atoms with Gasteiger partial charge in [-0.1, -0.05) is 34.1 Å². The first-order chi connectivity index (χ1) is 11.8. The summed E-state index contributed by atoms with van der Waals surface area (Å²) >= 11 is 6.54. The summed E-state index contributed by atoms with van der Waals surface area (Å²) in [5.74, 6) is -0.203. The lowest BCUT2D eigenvalue weighted by molar-refractivity contribution is 0.585. The number of hydrogen-bond donors (Lipinski definition) is 1. The molecule has 0 fully saturated rings. The normalized spacial score (nSPS) is 11.5. The van der Waals surface area contributed by atoms with Gasteiger partial charge in [-0.25, -0.2) is 12.8 Å². The van der Waals surface area contributed by atoms with Gasteiger partial charge in [-0.3, -0.25) is 9.40 Å². The van der Waals surface area contributed by atoms with E-state index in [1.807, 2.05) is 0 Å². The Morgan fingerprint density at radius 3 is 2.44 bits per heavy atom. The Labute approximate surface area is 161 Å². The van der Waals surface area contributed by atoms with Crippen LogP contribution >= 0.6 is 31.9 Å². The van der Waals surface area contributed by atoms with E-state index in [-0.39, 0.29) is 23.1 Å². The molecule has 0 amide bonds. The zero-order valence-corrected chi connectivity index (χ0v) is 16.6. The standard InChI is InChI=1S/C16H12Br2FN3O2S/c17-12-5-7-13(8-6-12)25(23,24)21-16-14(18)10-22(20-16)9-11-3-1-2-4-15(11)19/h1-8,10H,9H2,(H,20,21). The molecule has 0 saturated carbocycles. The van der Waals surface area contributed by atoms with E-state index in [0.29, 0.717) is 10.0 Å². The zero-order chi connectivity index (χ0) is 18.0. The van der Waals surface area contributed by atoms with Gasteiger partial charge in [-0.15, -0.1) is 0 Å². The van der Waals surface area contributed by atoms with Crippen LogP contribution in [0.3, 0.4) is 0 Å². The van der Waals surface area contributed by atoms with Gasteiger partial charge in [0, 0.05) is 16.2 Å². The number of anilines is 1. The maximum atomic E-state index is 13.7. The molecule has 0 aliphatic heterocycles. The van der Waals surface area contributed by atoms with E-state index >= 15 is 0 Å². The van der Waals surface area contributed by atoms with E-state index in [2.05, 4.69) is 41.7 Å². The second-order valence-corrected chi connectivity index (χ2v) is 8.63. The van der Waals surface area contributed by atoms with Gasteiger partial charge in [0.15, 0.2) is 5.82 Å². The third-order valence-electron chi connectivity index (χ3n) is 3.36. The molecule has 0 aliphatic carbocycles. The lowest BCUT2D eigenvalue weighted by Gasteiger charge is -2.06. The van der Waals surface area contributed by atoms with Gasteiger partial charge in [-0.05, 0) is 46.3 Å². The van der Waals surface area contributed by atoms with Crippen molar-refractivity contribution >= 4 is 47.7 Å². The summed E-state index contributed by atoms with van der Waals surface area (Å²) in [7, 11) is -3.77. The van der Waals surface area contributed by atoms with Gasteiger partial charge in [0.2, 0.25) is 0 Å². The van der Waals surface area contributed by atoms with E-state index in [0.717, 1.165) is 4.47 Å². The Bertz CT molecular complexity index is 1000. The van der Waals surface area contributed by atoms with Gasteiger partial charge in [0.25, 0.3) is 10.0 Å². The highest BCUT2D eigenvalue weighted by atomic mass is 79.9. The molecule has 0 unspecified atom stereocenters. The van der Waals surface area contributed by atoms with Crippen LogP contribution < -0.4 is 4.72 Å². The lowest BCUT2D eigenvalue weighted by Crippen LogP contribution is -2.14. The number of sulfonamides is 1. The highest BCUT2D eigenvalue weighted by Crippen LogP contribution is 2.24. The van der Waals surface area contributed by atoms with E-state index in [1.54, 1.807) is 36.5 Å². The highest BCUT2D eigenvalue weighted by molar-refractivity contribution is 9.10. The Kier molecular flexibility index (Phi) is 5.26. The number of hydrogen-bond acceptors (Lipinski definition) is 3. The lowest BCUT2D eigenvalue weighted by atomic mass is 10.2. The molecule has 3 aromatic rings. The van der Waals surface area contributed by atoms with Crippen LogP contribution in [0.4, 0.5) is 10.2 Å². The molecule has 0 atom stereocenters. The fraction of sp³-hybridized carbons (Fsp3) is 0.0625. The molecule has 2 aromatic carbocycles. The maximum absolute atomic E-state index is 13.7. The molecule has 0 radical (unpaired) electrons. The van der Waals surface area contributed by atoms with Gasteiger partial charge in [-0.2, -0.15) is 5.10 Å². The van der Waals surface area contributed by atoms with E-state index in [9.17, 15) is 12.8 Å². The van der Waals surface area contributed by atoms with Crippen LogP contribution in [-0.2, 0) is 16.6 Å². The second kappa shape index (κ2) is 7.27. The molecule has 1 heterocycles. The molecule has 5 nitrogen and oxygen atoms in total. The van der Waals surface area contributed by atoms with E-state index in [1.165, 1.54) is 22.9 Å². The minimum Gasteiger partial charge on any atom is -0.265 e. The maximum Gasteiger partial charge on any atom is 0.263 e. The molecule has 130 valence electrons. The summed E-state index contributed by atoms with van der Waals surface area (Å²) in [5.41, 5.74) is 0.458. The van der Waals surface area contributed by atoms with Crippen molar-refractivity contribution in [2.45, 2.75) is 11.4 Å². The molecular formula is C16H12Br2FN3O2S. The Morgan fingerprint density at radius 1 is 1.08 bits per heavy atom. The van der Waals surface area contributed by atoms with Crippen LogP contribution in [0.25, 0.3) is 0 Å². The van der Waals surface area contributed by atoms with Crippen LogP contribution in [0.2, 0.25) is 0 Å². The molecule has 0 bridgehead atoms. The zero-order valence-electron chi connectivity index (χ0n) is 12.7. The van der Waals surface area contributed by atoms with Gasteiger partial charge in [0.05, 0.1) is 15.9 Å². The SMILES string of the molecule is O=S(=O)(Nc1nn(Cc2ccccc2F)cc1Br)c1ccc(Br)cc1. The third-order valence-corrected chi connectivity index (χ3v) is 5.83. The monoisotopic (exact) mass is 487 g/mol. The highest BCUT2D eigenvalue weighted by Gasteiger charge is 2.18. The number of nitrogens with zero attached hydrogens (tertiary/aromatic N) is 2. The molecular weight excluding hydrogens is 477 g/mol. The number of rotatable bonds is 5. The minimum absolute atomic E-state index is 0.117. The van der Waals surface area contributed by atoms with Gasteiger partial charge < -0.3 is 0 Å². The smallest absolute Gasteiger partial charge is 0.263 e. The van der Waals surface area contributed by atoms with Crippen LogP contribution in [0.5, 0.6) is 0 Å². The third kappa shape index (κ3) is 4.28. The van der Waals surface area contributed by atoms with Crippen molar-refractivity contribution in [2.24, 2.45) is 0 Å². The van der Waals surface area contributed by atoms with Crippen molar-refractivity contribution < 1.29 is 12.8 Å². The summed E-state index contributed by atoms with van der Waals surface area (Å²) in [6.45, 7) is 0.186. The predicted octanol–water partition coefficient (Wildman–Crippen LogP) is 4.40. The molecule has 1 N–H and O–H groups in total. The summed E-state index contributed by atoms with van der Waals surface area (Å²) in [5, 5.41) is 4.18. The number of benzene rings is 2. The molecule has 0 spiro atoms. The largest absolute Gasteiger partial charge is 0.265 e. The number of aromatic nitrogens is 2.